The smallest absolute Gasteiger partial charge is 0.167 e. The molecule has 1 saturated heterocycles. The van der Waals surface area contributed by atoms with Crippen LogP contribution in [0.15, 0.2) is 0 Å². The number of H-pyrrole nitrogens is 1. The Morgan fingerprint density at radius 1 is 1.57 bits per heavy atom. The Labute approximate surface area is 82.9 Å². The number of aryl methyl sites for hydroxylation is 1. The number of hydrogen-bond acceptors (Lipinski definition) is 4. The number of aromatic nitrogens is 3. The normalized spacial score (nSPS) is 27.0. The van der Waals surface area contributed by atoms with Crippen LogP contribution >= 0.6 is 0 Å². The lowest BCUT2D eigenvalue weighted by atomic mass is 10.2. The second-order valence-electron chi connectivity index (χ2n) is 3.74. The third kappa shape index (κ3) is 1.93. The summed E-state index contributed by atoms with van der Waals surface area (Å²) in [7, 11) is 0. The molecule has 0 spiro atoms. The lowest BCUT2D eigenvalue weighted by Gasteiger charge is -2.02. The van der Waals surface area contributed by atoms with Gasteiger partial charge in [0.05, 0.1) is 12.1 Å². The highest BCUT2D eigenvalue weighted by Gasteiger charge is 2.26. The quantitative estimate of drug-likeness (QED) is 0.643. The maximum atomic E-state index is 9.34. The molecule has 1 aromatic heterocycles. The van der Waals surface area contributed by atoms with E-state index < -0.39 is 0 Å². The van der Waals surface area contributed by atoms with Crippen molar-refractivity contribution >= 4 is 0 Å². The molecule has 14 heavy (non-hydrogen) atoms. The lowest BCUT2D eigenvalue weighted by Crippen LogP contribution is -2.15. The molecule has 1 aromatic rings. The monoisotopic (exact) mass is 196 g/mol. The first-order valence-corrected chi connectivity index (χ1v) is 5.12. The van der Waals surface area contributed by atoms with Crippen molar-refractivity contribution in [1.82, 2.24) is 20.5 Å². The molecule has 1 aliphatic heterocycles. The third-order valence-corrected chi connectivity index (χ3v) is 2.46. The predicted molar refractivity (Wildman–Crippen MR) is 51.7 cm³/mol. The summed E-state index contributed by atoms with van der Waals surface area (Å²) in [6.07, 6.45) is 2.45. The van der Waals surface area contributed by atoms with Crippen molar-refractivity contribution in [3.63, 3.8) is 0 Å². The average molecular weight is 196 g/mol. The minimum absolute atomic E-state index is 0.117. The summed E-state index contributed by atoms with van der Waals surface area (Å²) in [6, 6.07) is 0.117. The molecule has 0 saturated carbocycles. The molecule has 2 heterocycles. The molecular formula is C9H16N4O. The first-order valence-electron chi connectivity index (χ1n) is 5.12. The van der Waals surface area contributed by atoms with Crippen LogP contribution in [0.1, 0.15) is 37.5 Å². The second kappa shape index (κ2) is 4.06. The highest BCUT2D eigenvalue weighted by atomic mass is 16.3. The molecule has 2 rings (SSSR count). The van der Waals surface area contributed by atoms with Crippen molar-refractivity contribution in [3.8, 4) is 0 Å². The maximum Gasteiger partial charge on any atom is 0.167 e. The van der Waals surface area contributed by atoms with Crippen LogP contribution < -0.4 is 5.32 Å². The van der Waals surface area contributed by atoms with Crippen LogP contribution in [0.5, 0.6) is 0 Å². The van der Waals surface area contributed by atoms with Gasteiger partial charge in [0.2, 0.25) is 0 Å². The Morgan fingerprint density at radius 2 is 2.43 bits per heavy atom. The fourth-order valence-electron chi connectivity index (χ4n) is 1.73. The highest BCUT2D eigenvalue weighted by molar-refractivity contribution is 5.00. The van der Waals surface area contributed by atoms with Crippen LogP contribution in [0, 0.1) is 0 Å². The summed E-state index contributed by atoms with van der Waals surface area (Å²) >= 11 is 0. The van der Waals surface area contributed by atoms with Crippen molar-refractivity contribution in [1.29, 1.82) is 0 Å². The molecule has 3 N–H and O–H groups in total. The minimum atomic E-state index is -0.256. The maximum absolute atomic E-state index is 9.34. The Balaban J connectivity index is 2.02. The van der Waals surface area contributed by atoms with E-state index >= 15 is 0 Å². The van der Waals surface area contributed by atoms with Gasteiger partial charge in [-0.3, -0.25) is 5.10 Å². The fraction of sp³-hybridized carbons (Fsp3) is 0.778. The number of aliphatic hydroxyl groups is 1. The first kappa shape index (κ1) is 9.61. The van der Waals surface area contributed by atoms with Crippen molar-refractivity contribution in [3.05, 3.63) is 11.6 Å². The van der Waals surface area contributed by atoms with Crippen LogP contribution in [-0.4, -0.2) is 32.9 Å². The van der Waals surface area contributed by atoms with Gasteiger partial charge < -0.3 is 10.4 Å². The second-order valence-corrected chi connectivity index (χ2v) is 3.74. The molecule has 2 unspecified atom stereocenters. The molecule has 2 atom stereocenters. The number of rotatable bonds is 3. The van der Waals surface area contributed by atoms with Crippen molar-refractivity contribution in [2.24, 2.45) is 0 Å². The summed E-state index contributed by atoms with van der Waals surface area (Å²) in [5.74, 6) is 1.72. The molecular weight excluding hydrogens is 180 g/mol. The van der Waals surface area contributed by atoms with E-state index in [1.165, 1.54) is 0 Å². The Morgan fingerprint density at radius 3 is 3.07 bits per heavy atom. The zero-order valence-corrected chi connectivity index (χ0v) is 8.32. The molecule has 0 aliphatic carbocycles. The fourth-order valence-corrected chi connectivity index (χ4v) is 1.73. The number of hydrogen-bond donors (Lipinski definition) is 3. The van der Waals surface area contributed by atoms with Gasteiger partial charge >= 0.3 is 0 Å². The van der Waals surface area contributed by atoms with Gasteiger partial charge in [0.15, 0.2) is 5.82 Å². The molecule has 1 fully saturated rings. The van der Waals surface area contributed by atoms with Gasteiger partial charge in [-0.05, 0) is 12.8 Å². The van der Waals surface area contributed by atoms with E-state index in [2.05, 4.69) is 27.4 Å². The molecule has 5 nitrogen and oxygen atoms in total. The van der Waals surface area contributed by atoms with Crippen LogP contribution in [0.4, 0.5) is 0 Å². The molecule has 0 amide bonds. The van der Waals surface area contributed by atoms with Gasteiger partial charge in [0, 0.05) is 13.0 Å². The van der Waals surface area contributed by atoms with Crippen LogP contribution in [0.25, 0.3) is 0 Å². The van der Waals surface area contributed by atoms with E-state index in [1.54, 1.807) is 0 Å². The third-order valence-electron chi connectivity index (χ3n) is 2.46. The highest BCUT2D eigenvalue weighted by Crippen LogP contribution is 2.19. The number of β-amino-alcohol motifs (C(OH)–C–C–N with tert-alkyl or cyclic N) is 1. The van der Waals surface area contributed by atoms with Gasteiger partial charge in [0.25, 0.3) is 0 Å². The molecule has 5 heteroatoms. The lowest BCUT2D eigenvalue weighted by molar-refractivity contribution is 0.193. The summed E-state index contributed by atoms with van der Waals surface area (Å²) in [5.41, 5.74) is 0. The van der Waals surface area contributed by atoms with E-state index in [1.807, 2.05) is 0 Å². The van der Waals surface area contributed by atoms with Gasteiger partial charge in [-0.1, -0.05) is 6.92 Å². The van der Waals surface area contributed by atoms with Gasteiger partial charge in [-0.2, -0.15) is 5.10 Å². The van der Waals surface area contributed by atoms with E-state index in [0.29, 0.717) is 13.0 Å². The molecule has 0 bridgehead atoms. The van der Waals surface area contributed by atoms with Crippen LogP contribution in [0.3, 0.4) is 0 Å². The molecule has 78 valence electrons. The van der Waals surface area contributed by atoms with Crippen molar-refractivity contribution < 1.29 is 5.11 Å². The first-order chi connectivity index (χ1) is 6.79. The summed E-state index contributed by atoms with van der Waals surface area (Å²) in [6.45, 7) is 2.75. The van der Waals surface area contributed by atoms with E-state index in [4.69, 9.17) is 0 Å². The predicted octanol–water partition coefficient (Wildman–Crippen LogP) is 0.152. The Kier molecular flexibility index (Phi) is 2.79. The minimum Gasteiger partial charge on any atom is -0.392 e. The van der Waals surface area contributed by atoms with Crippen LogP contribution in [0.2, 0.25) is 0 Å². The number of aromatic amines is 1. The standard InChI is InChI=1S/C9H16N4O/c1-2-3-8-11-9(13-12-8)7-4-6(14)5-10-7/h6-7,10,14H,2-5H2,1H3,(H,11,12,13). The average Bonchev–Trinajstić information content (AvgIpc) is 2.74. The van der Waals surface area contributed by atoms with E-state index in [-0.39, 0.29) is 12.1 Å². The topological polar surface area (TPSA) is 73.8 Å². The van der Waals surface area contributed by atoms with Gasteiger partial charge in [-0.15, -0.1) is 0 Å². The molecule has 0 aromatic carbocycles. The Bertz CT molecular complexity index is 299. The Hall–Kier alpha value is -0.940. The zero-order valence-electron chi connectivity index (χ0n) is 8.32. The number of aliphatic hydroxyl groups excluding tert-OH is 1. The molecule has 1 aliphatic rings. The van der Waals surface area contributed by atoms with E-state index in [9.17, 15) is 5.11 Å². The van der Waals surface area contributed by atoms with Crippen molar-refractivity contribution in [2.45, 2.75) is 38.3 Å². The summed E-state index contributed by atoms with van der Waals surface area (Å²) in [4.78, 5) is 4.38. The van der Waals surface area contributed by atoms with Crippen molar-refractivity contribution in [2.75, 3.05) is 6.54 Å². The van der Waals surface area contributed by atoms with Gasteiger partial charge in [-0.25, -0.2) is 4.98 Å². The zero-order chi connectivity index (χ0) is 9.97. The SMILES string of the molecule is CCCc1nc(C2CC(O)CN2)n[nH]1. The summed E-state index contributed by atoms with van der Waals surface area (Å²) < 4.78 is 0. The molecule has 0 radical (unpaired) electrons. The van der Waals surface area contributed by atoms with Crippen LogP contribution in [-0.2, 0) is 6.42 Å². The summed E-state index contributed by atoms with van der Waals surface area (Å²) in [5, 5.41) is 19.6. The van der Waals surface area contributed by atoms with Gasteiger partial charge in [0.1, 0.15) is 5.82 Å². The van der Waals surface area contributed by atoms with E-state index in [0.717, 1.165) is 24.5 Å². The largest absolute Gasteiger partial charge is 0.392 e. The number of nitrogens with one attached hydrogen (secondary N) is 2. The number of nitrogens with zero attached hydrogens (tertiary/aromatic N) is 2.